The van der Waals surface area contributed by atoms with Crippen LogP contribution in [0.2, 0.25) is 0 Å². The maximum Gasteiger partial charge on any atom is 0.410 e. The Morgan fingerprint density at radius 1 is 1.32 bits per heavy atom. The molecule has 1 amide bonds. The zero-order valence-corrected chi connectivity index (χ0v) is 14.3. The zero-order valence-electron chi connectivity index (χ0n) is 13.5. The first-order chi connectivity index (χ1) is 10.1. The summed E-state index contributed by atoms with van der Waals surface area (Å²) in [6.45, 7) is 6.13. The Balaban J connectivity index is 2.26. The fourth-order valence-corrected chi connectivity index (χ4v) is 3.28. The van der Waals surface area contributed by atoms with E-state index in [0.29, 0.717) is 6.54 Å². The Hall–Kier alpha value is -1.56. The Labute approximate surface area is 132 Å². The van der Waals surface area contributed by atoms with E-state index in [2.05, 4.69) is 0 Å². The van der Waals surface area contributed by atoms with E-state index in [4.69, 9.17) is 4.74 Å². The van der Waals surface area contributed by atoms with Crippen LogP contribution in [0.1, 0.15) is 45.2 Å². The number of sulfone groups is 1. The first-order valence-corrected chi connectivity index (χ1v) is 9.27. The molecular formula is C16H23NO4S. The summed E-state index contributed by atoms with van der Waals surface area (Å²) in [5.74, 6) is 0. The third-order valence-electron chi connectivity index (χ3n) is 3.55. The molecule has 0 saturated carbocycles. The number of nitrogens with zero attached hydrogens (tertiary/aromatic N) is 1. The van der Waals surface area contributed by atoms with E-state index >= 15 is 0 Å². The summed E-state index contributed by atoms with van der Waals surface area (Å²) < 4.78 is 28.8. The fourth-order valence-electron chi connectivity index (χ4n) is 2.60. The van der Waals surface area contributed by atoms with Gasteiger partial charge in [-0.05, 0) is 51.3 Å². The molecule has 0 bridgehead atoms. The monoisotopic (exact) mass is 325 g/mol. The summed E-state index contributed by atoms with van der Waals surface area (Å²) in [6, 6.07) is 6.68. The van der Waals surface area contributed by atoms with Gasteiger partial charge in [0, 0.05) is 12.8 Å². The zero-order chi connectivity index (χ0) is 16.5. The number of benzene rings is 1. The van der Waals surface area contributed by atoms with Crippen LogP contribution in [-0.2, 0) is 14.6 Å². The second-order valence-electron chi connectivity index (χ2n) is 6.68. The number of ether oxygens (including phenoxy) is 1. The number of carbonyl (C=O) groups excluding carboxylic acids is 1. The smallest absolute Gasteiger partial charge is 0.410 e. The summed E-state index contributed by atoms with van der Waals surface area (Å²) in [6.07, 6.45) is 2.53. The number of carbonyl (C=O) groups is 1. The highest BCUT2D eigenvalue weighted by molar-refractivity contribution is 7.90. The number of hydrogen-bond donors (Lipinski definition) is 0. The second-order valence-corrected chi connectivity index (χ2v) is 8.69. The summed E-state index contributed by atoms with van der Waals surface area (Å²) >= 11 is 0. The Bertz CT molecular complexity index is 661. The molecule has 0 aromatic heterocycles. The average molecular weight is 325 g/mol. The molecule has 122 valence electrons. The van der Waals surface area contributed by atoms with E-state index in [1.165, 1.54) is 6.26 Å². The summed E-state index contributed by atoms with van der Waals surface area (Å²) in [7, 11) is -3.26. The maximum absolute atomic E-state index is 12.3. The van der Waals surface area contributed by atoms with E-state index in [9.17, 15) is 13.2 Å². The minimum atomic E-state index is -3.26. The van der Waals surface area contributed by atoms with E-state index in [1.54, 1.807) is 23.1 Å². The highest BCUT2D eigenvalue weighted by Gasteiger charge is 2.33. The lowest BCUT2D eigenvalue weighted by Gasteiger charge is -2.29. The molecule has 22 heavy (non-hydrogen) atoms. The van der Waals surface area contributed by atoms with Crippen LogP contribution in [-0.4, -0.2) is 37.8 Å². The summed E-state index contributed by atoms with van der Waals surface area (Å²) in [5, 5.41) is 0. The van der Waals surface area contributed by atoms with Gasteiger partial charge < -0.3 is 9.64 Å². The Morgan fingerprint density at radius 3 is 2.59 bits per heavy atom. The summed E-state index contributed by atoms with van der Waals surface area (Å²) in [4.78, 5) is 14.3. The minimum Gasteiger partial charge on any atom is -0.444 e. The molecule has 0 aliphatic carbocycles. The van der Waals surface area contributed by atoms with E-state index in [1.807, 2.05) is 26.8 Å². The standard InChI is InChI=1S/C16H23NO4S/c1-16(2,3)21-15(18)17-10-6-9-14(17)12-7-5-8-13(11-12)22(4,19)20/h5,7-8,11,14H,6,9-10H2,1-4H3/t14-/m1/s1. The van der Waals surface area contributed by atoms with Gasteiger partial charge in [-0.25, -0.2) is 13.2 Å². The fraction of sp³-hybridized carbons (Fsp3) is 0.562. The van der Waals surface area contributed by atoms with Gasteiger partial charge in [-0.1, -0.05) is 12.1 Å². The van der Waals surface area contributed by atoms with Gasteiger partial charge >= 0.3 is 6.09 Å². The second kappa shape index (κ2) is 5.91. The molecule has 1 atom stereocenters. The molecule has 1 aliphatic rings. The van der Waals surface area contributed by atoms with Crippen LogP contribution in [0, 0.1) is 0 Å². The van der Waals surface area contributed by atoms with Crippen molar-refractivity contribution in [3.8, 4) is 0 Å². The molecule has 2 rings (SSSR count). The van der Waals surface area contributed by atoms with Crippen LogP contribution in [0.25, 0.3) is 0 Å². The lowest BCUT2D eigenvalue weighted by atomic mass is 10.1. The van der Waals surface area contributed by atoms with Gasteiger partial charge in [0.2, 0.25) is 0 Å². The third-order valence-corrected chi connectivity index (χ3v) is 4.66. The molecule has 5 nitrogen and oxygen atoms in total. The SMILES string of the molecule is CC(C)(C)OC(=O)N1CCC[C@@H]1c1cccc(S(C)(=O)=O)c1. The summed E-state index contributed by atoms with van der Waals surface area (Å²) in [5.41, 5.74) is 0.296. The number of rotatable bonds is 2. The van der Waals surface area contributed by atoms with Gasteiger partial charge in [0.15, 0.2) is 9.84 Å². The molecule has 0 spiro atoms. The van der Waals surface area contributed by atoms with Crippen molar-refractivity contribution in [2.45, 2.75) is 50.2 Å². The number of amides is 1. The molecule has 1 aromatic rings. The van der Waals surface area contributed by atoms with Crippen molar-refractivity contribution in [1.82, 2.24) is 4.90 Å². The van der Waals surface area contributed by atoms with Gasteiger partial charge in [-0.3, -0.25) is 0 Å². The van der Waals surface area contributed by atoms with E-state index < -0.39 is 15.4 Å². The Morgan fingerprint density at radius 2 is 2.00 bits per heavy atom. The normalized spacial score (nSPS) is 19.3. The molecule has 0 unspecified atom stereocenters. The van der Waals surface area contributed by atoms with Crippen LogP contribution in [0.4, 0.5) is 4.79 Å². The Kier molecular flexibility index (Phi) is 4.52. The van der Waals surface area contributed by atoms with Gasteiger partial charge in [0.05, 0.1) is 10.9 Å². The third kappa shape index (κ3) is 4.00. The number of likely N-dealkylation sites (tertiary alicyclic amines) is 1. The van der Waals surface area contributed by atoms with E-state index in [0.717, 1.165) is 18.4 Å². The highest BCUT2D eigenvalue weighted by atomic mass is 32.2. The largest absolute Gasteiger partial charge is 0.444 e. The topological polar surface area (TPSA) is 63.7 Å². The van der Waals surface area contributed by atoms with Gasteiger partial charge in [-0.15, -0.1) is 0 Å². The minimum absolute atomic E-state index is 0.128. The van der Waals surface area contributed by atoms with Crippen molar-refractivity contribution in [2.24, 2.45) is 0 Å². The predicted octanol–water partition coefficient (Wildman–Crippen LogP) is 3.16. The highest BCUT2D eigenvalue weighted by Crippen LogP contribution is 2.34. The van der Waals surface area contributed by atoms with Crippen molar-refractivity contribution in [3.63, 3.8) is 0 Å². The van der Waals surface area contributed by atoms with Crippen LogP contribution in [0.15, 0.2) is 29.2 Å². The van der Waals surface area contributed by atoms with Crippen LogP contribution in [0.3, 0.4) is 0 Å². The van der Waals surface area contributed by atoms with E-state index in [-0.39, 0.29) is 17.0 Å². The molecule has 1 aliphatic heterocycles. The molecule has 0 radical (unpaired) electrons. The average Bonchev–Trinajstić information content (AvgIpc) is 2.85. The lowest BCUT2D eigenvalue weighted by Crippen LogP contribution is -2.36. The molecule has 0 N–H and O–H groups in total. The molecule has 1 heterocycles. The number of hydrogen-bond acceptors (Lipinski definition) is 4. The lowest BCUT2D eigenvalue weighted by molar-refractivity contribution is 0.0224. The van der Waals surface area contributed by atoms with Gasteiger partial charge in [0.25, 0.3) is 0 Å². The first kappa shape index (κ1) is 16.8. The maximum atomic E-state index is 12.3. The molecule has 6 heteroatoms. The van der Waals surface area contributed by atoms with Crippen LogP contribution in [0.5, 0.6) is 0 Å². The van der Waals surface area contributed by atoms with Crippen molar-refractivity contribution in [1.29, 1.82) is 0 Å². The van der Waals surface area contributed by atoms with Crippen molar-refractivity contribution < 1.29 is 17.9 Å². The predicted molar refractivity (Wildman–Crippen MR) is 84.5 cm³/mol. The molecule has 1 aromatic carbocycles. The van der Waals surface area contributed by atoms with Crippen LogP contribution < -0.4 is 0 Å². The van der Waals surface area contributed by atoms with Crippen LogP contribution >= 0.6 is 0 Å². The molecule has 1 fully saturated rings. The van der Waals surface area contributed by atoms with Gasteiger partial charge in [-0.2, -0.15) is 0 Å². The van der Waals surface area contributed by atoms with Crippen molar-refractivity contribution >= 4 is 15.9 Å². The molecular weight excluding hydrogens is 302 g/mol. The molecule has 1 saturated heterocycles. The first-order valence-electron chi connectivity index (χ1n) is 7.37. The van der Waals surface area contributed by atoms with Crippen molar-refractivity contribution in [2.75, 3.05) is 12.8 Å². The van der Waals surface area contributed by atoms with Crippen molar-refractivity contribution in [3.05, 3.63) is 29.8 Å². The quantitative estimate of drug-likeness (QED) is 0.838. The van der Waals surface area contributed by atoms with Gasteiger partial charge in [0.1, 0.15) is 5.60 Å².